The predicted molar refractivity (Wildman–Crippen MR) is 99.1 cm³/mol. The van der Waals surface area contributed by atoms with E-state index in [-0.39, 0.29) is 5.41 Å². The molecule has 2 heteroatoms. The first kappa shape index (κ1) is 17.7. The van der Waals surface area contributed by atoms with E-state index in [2.05, 4.69) is 79.4 Å². The number of benzene rings is 2. The minimum atomic E-state index is 0.241. The van der Waals surface area contributed by atoms with Gasteiger partial charge < -0.3 is 5.73 Å². The summed E-state index contributed by atoms with van der Waals surface area (Å²) in [7, 11) is 0. The fourth-order valence-corrected chi connectivity index (χ4v) is 2.78. The minimum absolute atomic E-state index is 0.241. The van der Waals surface area contributed by atoms with Crippen LogP contribution in [0, 0.1) is 5.41 Å². The summed E-state index contributed by atoms with van der Waals surface area (Å²) in [6.45, 7) is 8.37. The lowest BCUT2D eigenvalue weighted by Crippen LogP contribution is -2.28. The van der Waals surface area contributed by atoms with E-state index in [0.29, 0.717) is 0 Å². The van der Waals surface area contributed by atoms with E-state index in [0.717, 1.165) is 26.2 Å². The molecule has 0 atom stereocenters. The monoisotopic (exact) mass is 310 g/mol. The van der Waals surface area contributed by atoms with Gasteiger partial charge in [-0.2, -0.15) is 0 Å². The summed E-state index contributed by atoms with van der Waals surface area (Å²) >= 11 is 0. The Balaban J connectivity index is 1.96. The Bertz CT molecular complexity index is 507. The van der Waals surface area contributed by atoms with Crippen molar-refractivity contribution >= 4 is 0 Å². The number of hydrogen-bond donors (Lipinski definition) is 1. The molecule has 124 valence electrons. The van der Waals surface area contributed by atoms with Crippen molar-refractivity contribution in [3.8, 4) is 0 Å². The fraction of sp³-hybridized carbons (Fsp3) is 0.429. The topological polar surface area (TPSA) is 29.3 Å². The van der Waals surface area contributed by atoms with Gasteiger partial charge in [0.2, 0.25) is 0 Å². The highest BCUT2D eigenvalue weighted by atomic mass is 15.1. The van der Waals surface area contributed by atoms with Crippen molar-refractivity contribution in [2.75, 3.05) is 13.1 Å². The second-order valence-electron chi connectivity index (χ2n) is 7.15. The normalized spacial score (nSPS) is 11.8. The average molecular weight is 310 g/mol. The van der Waals surface area contributed by atoms with Crippen LogP contribution in [0.15, 0.2) is 60.7 Å². The molecule has 0 bridgehead atoms. The van der Waals surface area contributed by atoms with Crippen molar-refractivity contribution in [1.82, 2.24) is 4.90 Å². The second-order valence-corrected chi connectivity index (χ2v) is 7.15. The molecular formula is C21H30N2. The van der Waals surface area contributed by atoms with Crippen molar-refractivity contribution < 1.29 is 0 Å². The molecule has 0 spiro atoms. The maximum atomic E-state index is 5.86. The Labute approximate surface area is 141 Å². The first-order chi connectivity index (χ1) is 11.1. The number of hydrogen-bond acceptors (Lipinski definition) is 2. The SMILES string of the molecule is CC(C)(CN)CCCN(Cc1ccccc1)Cc1ccccc1. The Morgan fingerprint density at radius 2 is 1.30 bits per heavy atom. The van der Waals surface area contributed by atoms with Crippen LogP contribution in [0.4, 0.5) is 0 Å². The van der Waals surface area contributed by atoms with Crippen LogP contribution >= 0.6 is 0 Å². The zero-order chi connectivity index (χ0) is 16.5. The molecule has 0 unspecified atom stereocenters. The van der Waals surface area contributed by atoms with E-state index in [1.165, 1.54) is 24.0 Å². The van der Waals surface area contributed by atoms with Crippen LogP contribution in [0.5, 0.6) is 0 Å². The number of nitrogens with two attached hydrogens (primary N) is 1. The summed E-state index contributed by atoms with van der Waals surface area (Å²) in [5, 5.41) is 0. The smallest absolute Gasteiger partial charge is 0.0237 e. The first-order valence-corrected chi connectivity index (χ1v) is 8.59. The molecule has 0 heterocycles. The molecule has 2 N–H and O–H groups in total. The lowest BCUT2D eigenvalue weighted by Gasteiger charge is -2.26. The van der Waals surface area contributed by atoms with Crippen molar-refractivity contribution in [2.45, 2.75) is 39.8 Å². The molecule has 2 rings (SSSR count). The van der Waals surface area contributed by atoms with Gasteiger partial charge in [-0.25, -0.2) is 0 Å². The quantitative estimate of drug-likeness (QED) is 0.741. The van der Waals surface area contributed by atoms with E-state index in [4.69, 9.17) is 5.73 Å². The zero-order valence-corrected chi connectivity index (χ0v) is 14.5. The van der Waals surface area contributed by atoms with Gasteiger partial charge in [0.15, 0.2) is 0 Å². The summed E-state index contributed by atoms with van der Waals surface area (Å²) in [6, 6.07) is 21.5. The second kappa shape index (κ2) is 8.85. The number of nitrogens with zero attached hydrogens (tertiary/aromatic N) is 1. The molecule has 2 nitrogen and oxygen atoms in total. The predicted octanol–water partition coefficient (Wildman–Crippen LogP) is 4.45. The fourth-order valence-electron chi connectivity index (χ4n) is 2.78. The summed E-state index contributed by atoms with van der Waals surface area (Å²) in [5.74, 6) is 0. The lowest BCUT2D eigenvalue weighted by molar-refractivity contribution is 0.229. The molecular weight excluding hydrogens is 280 g/mol. The molecule has 0 aromatic heterocycles. The highest BCUT2D eigenvalue weighted by molar-refractivity contribution is 5.17. The third-order valence-corrected chi connectivity index (χ3v) is 4.38. The maximum Gasteiger partial charge on any atom is 0.0237 e. The highest BCUT2D eigenvalue weighted by Crippen LogP contribution is 2.21. The van der Waals surface area contributed by atoms with Crippen LogP contribution in [-0.4, -0.2) is 18.0 Å². The Kier molecular flexibility index (Phi) is 6.82. The van der Waals surface area contributed by atoms with Gasteiger partial charge in [0.1, 0.15) is 0 Å². The van der Waals surface area contributed by atoms with Crippen LogP contribution in [0.3, 0.4) is 0 Å². The van der Waals surface area contributed by atoms with Crippen LogP contribution in [0.1, 0.15) is 37.8 Å². The third kappa shape index (κ3) is 6.55. The van der Waals surface area contributed by atoms with Gasteiger partial charge in [-0.05, 0) is 42.5 Å². The Morgan fingerprint density at radius 1 is 0.826 bits per heavy atom. The highest BCUT2D eigenvalue weighted by Gasteiger charge is 2.16. The number of rotatable bonds is 9. The van der Waals surface area contributed by atoms with Crippen molar-refractivity contribution in [2.24, 2.45) is 11.1 Å². The van der Waals surface area contributed by atoms with Crippen molar-refractivity contribution in [3.05, 3.63) is 71.8 Å². The maximum absolute atomic E-state index is 5.86. The molecule has 0 amide bonds. The molecule has 0 radical (unpaired) electrons. The molecule has 0 saturated heterocycles. The van der Waals surface area contributed by atoms with Gasteiger partial charge in [0, 0.05) is 13.1 Å². The van der Waals surface area contributed by atoms with E-state index in [1.54, 1.807) is 0 Å². The molecule has 0 aliphatic rings. The molecule has 2 aromatic carbocycles. The van der Waals surface area contributed by atoms with Gasteiger partial charge in [-0.15, -0.1) is 0 Å². The molecule has 0 fully saturated rings. The van der Waals surface area contributed by atoms with Gasteiger partial charge in [0.05, 0.1) is 0 Å². The van der Waals surface area contributed by atoms with Gasteiger partial charge in [-0.1, -0.05) is 74.5 Å². The minimum Gasteiger partial charge on any atom is -0.330 e. The zero-order valence-electron chi connectivity index (χ0n) is 14.5. The summed E-state index contributed by atoms with van der Waals surface area (Å²) in [5.41, 5.74) is 8.85. The summed E-state index contributed by atoms with van der Waals surface area (Å²) in [6.07, 6.45) is 2.35. The summed E-state index contributed by atoms with van der Waals surface area (Å²) < 4.78 is 0. The van der Waals surface area contributed by atoms with E-state index < -0.39 is 0 Å². The van der Waals surface area contributed by atoms with E-state index in [9.17, 15) is 0 Å². The molecule has 23 heavy (non-hydrogen) atoms. The van der Waals surface area contributed by atoms with E-state index >= 15 is 0 Å². The van der Waals surface area contributed by atoms with Crippen LogP contribution in [-0.2, 0) is 13.1 Å². The average Bonchev–Trinajstić information content (AvgIpc) is 2.56. The van der Waals surface area contributed by atoms with Crippen LogP contribution in [0.25, 0.3) is 0 Å². The van der Waals surface area contributed by atoms with Gasteiger partial charge in [-0.3, -0.25) is 4.90 Å². The standard InChI is InChI=1S/C21H30N2/c1-21(2,18-22)14-9-15-23(16-19-10-5-3-6-11-19)17-20-12-7-4-8-13-20/h3-8,10-13H,9,14-18,22H2,1-2H3. The lowest BCUT2D eigenvalue weighted by atomic mass is 9.88. The van der Waals surface area contributed by atoms with Crippen LogP contribution < -0.4 is 5.73 Å². The first-order valence-electron chi connectivity index (χ1n) is 8.59. The summed E-state index contributed by atoms with van der Waals surface area (Å²) in [4.78, 5) is 2.54. The van der Waals surface area contributed by atoms with Crippen molar-refractivity contribution in [3.63, 3.8) is 0 Å². The van der Waals surface area contributed by atoms with E-state index in [1.807, 2.05) is 0 Å². The Hall–Kier alpha value is -1.64. The molecule has 0 saturated carbocycles. The largest absolute Gasteiger partial charge is 0.330 e. The third-order valence-electron chi connectivity index (χ3n) is 4.38. The van der Waals surface area contributed by atoms with Crippen molar-refractivity contribution in [1.29, 1.82) is 0 Å². The van der Waals surface area contributed by atoms with Gasteiger partial charge >= 0.3 is 0 Å². The Morgan fingerprint density at radius 3 is 1.74 bits per heavy atom. The van der Waals surface area contributed by atoms with Crippen LogP contribution in [0.2, 0.25) is 0 Å². The molecule has 0 aliphatic carbocycles. The molecule has 2 aromatic rings. The molecule has 0 aliphatic heterocycles. The van der Waals surface area contributed by atoms with Gasteiger partial charge in [0.25, 0.3) is 0 Å².